The normalized spacial score (nSPS) is 15.0. The van der Waals surface area contributed by atoms with Crippen molar-refractivity contribution in [1.29, 1.82) is 5.26 Å². The van der Waals surface area contributed by atoms with Crippen LogP contribution in [0.5, 0.6) is 0 Å². The van der Waals surface area contributed by atoms with Crippen molar-refractivity contribution in [2.24, 2.45) is 0 Å². The number of aromatic amines is 1. The lowest BCUT2D eigenvalue weighted by atomic mass is 10.2. The first-order valence-electron chi connectivity index (χ1n) is 6.79. The molecule has 8 heteroatoms. The Morgan fingerprint density at radius 2 is 2.32 bits per heavy atom. The fourth-order valence-electron chi connectivity index (χ4n) is 2.31. The average molecular weight is 295 g/mol. The van der Waals surface area contributed by atoms with Gasteiger partial charge in [0.15, 0.2) is 0 Å². The predicted octanol–water partition coefficient (Wildman–Crippen LogP) is 1.30. The number of aromatic nitrogens is 4. The molecule has 1 amide bonds. The zero-order valence-electron chi connectivity index (χ0n) is 11.7. The quantitative estimate of drug-likeness (QED) is 0.823. The third kappa shape index (κ3) is 2.64. The van der Waals surface area contributed by atoms with E-state index in [4.69, 9.17) is 5.26 Å². The van der Waals surface area contributed by atoms with Gasteiger partial charge in [-0.1, -0.05) is 12.1 Å². The van der Waals surface area contributed by atoms with Crippen LogP contribution < -0.4 is 10.2 Å². The van der Waals surface area contributed by atoms with Crippen molar-refractivity contribution in [1.82, 2.24) is 20.6 Å². The number of anilines is 2. The number of hydrogen-bond donors (Lipinski definition) is 2. The van der Waals surface area contributed by atoms with Crippen molar-refractivity contribution in [3.8, 4) is 6.07 Å². The van der Waals surface area contributed by atoms with E-state index in [9.17, 15) is 4.79 Å². The van der Waals surface area contributed by atoms with Crippen LogP contribution in [0.25, 0.3) is 5.57 Å². The Kier molecular flexibility index (Phi) is 3.78. The molecule has 1 fully saturated rings. The Morgan fingerprint density at radius 3 is 3.00 bits per heavy atom. The summed E-state index contributed by atoms with van der Waals surface area (Å²) in [7, 11) is 0. The van der Waals surface area contributed by atoms with E-state index in [-0.39, 0.29) is 17.3 Å². The Morgan fingerprint density at radius 1 is 1.45 bits per heavy atom. The molecular weight excluding hydrogens is 282 g/mol. The van der Waals surface area contributed by atoms with Crippen molar-refractivity contribution in [2.75, 3.05) is 16.8 Å². The van der Waals surface area contributed by atoms with Gasteiger partial charge in [0.2, 0.25) is 11.7 Å². The Balaban J connectivity index is 1.87. The molecule has 2 aromatic rings. The smallest absolute Gasteiger partial charge is 0.227 e. The van der Waals surface area contributed by atoms with Crippen molar-refractivity contribution >= 4 is 22.9 Å². The number of tetrazole rings is 1. The molecule has 3 rings (SSSR count). The van der Waals surface area contributed by atoms with Gasteiger partial charge >= 0.3 is 0 Å². The van der Waals surface area contributed by atoms with Gasteiger partial charge in [0.05, 0.1) is 11.4 Å². The molecule has 2 heterocycles. The molecule has 1 aromatic carbocycles. The lowest BCUT2D eigenvalue weighted by Crippen LogP contribution is -2.24. The van der Waals surface area contributed by atoms with Gasteiger partial charge in [0, 0.05) is 19.2 Å². The zero-order valence-corrected chi connectivity index (χ0v) is 11.7. The van der Waals surface area contributed by atoms with Gasteiger partial charge in [-0.3, -0.25) is 4.79 Å². The first-order chi connectivity index (χ1) is 10.8. The van der Waals surface area contributed by atoms with E-state index >= 15 is 0 Å². The molecule has 1 aliphatic heterocycles. The molecule has 110 valence electrons. The summed E-state index contributed by atoms with van der Waals surface area (Å²) in [4.78, 5) is 13.7. The molecule has 0 radical (unpaired) electrons. The molecule has 8 nitrogen and oxygen atoms in total. The average Bonchev–Trinajstić information content (AvgIpc) is 3.20. The van der Waals surface area contributed by atoms with Gasteiger partial charge in [0.25, 0.3) is 0 Å². The van der Waals surface area contributed by atoms with E-state index in [1.54, 1.807) is 4.90 Å². The van der Waals surface area contributed by atoms with Crippen LogP contribution >= 0.6 is 0 Å². The molecule has 1 aromatic heterocycles. The van der Waals surface area contributed by atoms with Crippen molar-refractivity contribution < 1.29 is 4.79 Å². The second kappa shape index (κ2) is 6.05. The van der Waals surface area contributed by atoms with Crippen molar-refractivity contribution in [3.63, 3.8) is 0 Å². The highest BCUT2D eigenvalue weighted by molar-refractivity contribution is 5.98. The molecule has 2 N–H and O–H groups in total. The van der Waals surface area contributed by atoms with Crippen LogP contribution in [-0.2, 0) is 4.79 Å². The molecule has 0 bridgehead atoms. The van der Waals surface area contributed by atoms with Crippen LogP contribution in [0.15, 0.2) is 30.5 Å². The fourth-order valence-corrected chi connectivity index (χ4v) is 2.31. The summed E-state index contributed by atoms with van der Waals surface area (Å²) in [6.45, 7) is 0.706. The lowest BCUT2D eigenvalue weighted by Gasteiger charge is -2.19. The highest BCUT2D eigenvalue weighted by Crippen LogP contribution is 2.29. The Labute approximate surface area is 126 Å². The van der Waals surface area contributed by atoms with Crippen molar-refractivity contribution in [2.45, 2.75) is 12.8 Å². The fraction of sp³-hybridized carbons (Fsp3) is 0.214. The van der Waals surface area contributed by atoms with E-state index in [0.29, 0.717) is 13.0 Å². The second-order valence-electron chi connectivity index (χ2n) is 4.72. The highest BCUT2D eigenvalue weighted by atomic mass is 16.2. The lowest BCUT2D eigenvalue weighted by molar-refractivity contribution is -0.117. The highest BCUT2D eigenvalue weighted by Gasteiger charge is 2.23. The van der Waals surface area contributed by atoms with E-state index in [1.165, 1.54) is 6.20 Å². The van der Waals surface area contributed by atoms with Gasteiger partial charge < -0.3 is 10.2 Å². The summed E-state index contributed by atoms with van der Waals surface area (Å²) in [5.74, 6) is 0.321. The van der Waals surface area contributed by atoms with E-state index < -0.39 is 0 Å². The molecule has 0 spiro atoms. The van der Waals surface area contributed by atoms with Gasteiger partial charge in [-0.05, 0) is 23.8 Å². The van der Waals surface area contributed by atoms with Gasteiger partial charge in [-0.15, -0.1) is 10.2 Å². The van der Waals surface area contributed by atoms with Crippen LogP contribution in [0.4, 0.5) is 11.4 Å². The second-order valence-corrected chi connectivity index (χ2v) is 4.72. The number of carbonyl (C=O) groups is 1. The largest absolute Gasteiger partial charge is 0.359 e. The molecule has 0 unspecified atom stereocenters. The number of benzene rings is 1. The van der Waals surface area contributed by atoms with Gasteiger partial charge in [-0.2, -0.15) is 10.5 Å². The molecule has 1 saturated heterocycles. The molecular formula is C14H13N7O. The van der Waals surface area contributed by atoms with E-state index in [1.807, 2.05) is 30.3 Å². The number of hydrogen-bond acceptors (Lipinski definition) is 6. The molecule has 1 aliphatic rings. The number of nitrogens with one attached hydrogen (secondary N) is 2. The number of H-pyrrole nitrogens is 1. The van der Waals surface area contributed by atoms with E-state index in [0.717, 1.165) is 17.8 Å². The summed E-state index contributed by atoms with van der Waals surface area (Å²) < 4.78 is 0. The molecule has 0 atom stereocenters. The predicted molar refractivity (Wildman–Crippen MR) is 79.4 cm³/mol. The van der Waals surface area contributed by atoms with E-state index in [2.05, 4.69) is 25.9 Å². The summed E-state index contributed by atoms with van der Waals surface area (Å²) >= 11 is 0. The van der Waals surface area contributed by atoms with Crippen LogP contribution in [-0.4, -0.2) is 33.1 Å². The number of amides is 1. The minimum absolute atomic E-state index is 0.108. The maximum absolute atomic E-state index is 11.9. The van der Waals surface area contributed by atoms with Crippen LogP contribution in [0.1, 0.15) is 18.7 Å². The Hall–Kier alpha value is -3.21. The molecule has 22 heavy (non-hydrogen) atoms. The van der Waals surface area contributed by atoms with Gasteiger partial charge in [-0.25, -0.2) is 0 Å². The number of carbonyl (C=O) groups excluding carboxylic acids is 1. The maximum Gasteiger partial charge on any atom is 0.227 e. The number of allylic oxidation sites excluding steroid dienone is 1. The third-order valence-electron chi connectivity index (χ3n) is 3.35. The SMILES string of the molecule is N#CC(=CNc1ccccc1N1CCCC1=O)c1nn[nH]n1. The maximum atomic E-state index is 11.9. The number of rotatable bonds is 4. The topological polar surface area (TPSA) is 111 Å². The molecule has 0 saturated carbocycles. The summed E-state index contributed by atoms with van der Waals surface area (Å²) in [5.41, 5.74) is 1.79. The van der Waals surface area contributed by atoms with Crippen LogP contribution in [0.3, 0.4) is 0 Å². The first-order valence-corrected chi connectivity index (χ1v) is 6.79. The minimum Gasteiger partial charge on any atom is -0.359 e. The standard InChI is InChI=1S/C14H13N7O/c15-8-10(14-17-19-20-18-14)9-16-11-4-1-2-5-12(11)21-7-3-6-13(21)22/h1-2,4-5,9,16H,3,6-7H2,(H,17,18,19,20). The van der Waals surface area contributed by atoms with Gasteiger partial charge in [0.1, 0.15) is 11.6 Å². The summed E-state index contributed by atoms with van der Waals surface area (Å²) in [6, 6.07) is 9.47. The first kappa shape index (κ1) is 13.8. The third-order valence-corrected chi connectivity index (χ3v) is 3.35. The number of nitriles is 1. The summed E-state index contributed by atoms with van der Waals surface area (Å²) in [6.07, 6.45) is 2.93. The summed E-state index contributed by atoms with van der Waals surface area (Å²) in [5, 5.41) is 25.5. The molecule has 0 aliphatic carbocycles. The number of nitrogens with zero attached hydrogens (tertiary/aromatic N) is 5. The van der Waals surface area contributed by atoms with Crippen molar-refractivity contribution in [3.05, 3.63) is 36.3 Å². The minimum atomic E-state index is 0.108. The van der Waals surface area contributed by atoms with Crippen LogP contribution in [0.2, 0.25) is 0 Å². The van der Waals surface area contributed by atoms with Crippen LogP contribution in [0, 0.1) is 11.3 Å². The monoisotopic (exact) mass is 295 g/mol. The zero-order chi connectivity index (χ0) is 15.4. The number of para-hydroxylation sites is 2. The Bertz CT molecular complexity index is 745.